The van der Waals surface area contributed by atoms with Crippen LogP contribution in [0.2, 0.25) is 0 Å². The Kier molecular flexibility index (Phi) is 4.95. The maximum atomic E-state index is 12.1. The van der Waals surface area contributed by atoms with Gasteiger partial charge >= 0.3 is 0 Å². The van der Waals surface area contributed by atoms with E-state index < -0.39 is 0 Å². The Morgan fingerprint density at radius 3 is 2.10 bits per heavy atom. The van der Waals surface area contributed by atoms with Crippen molar-refractivity contribution in [2.45, 2.75) is 13.8 Å². The molecule has 0 amide bonds. The lowest BCUT2D eigenvalue weighted by Gasteiger charge is -2.03. The Labute approximate surface area is 136 Å². The largest absolute Gasteiger partial charge is 0.289 e. The highest BCUT2D eigenvalue weighted by atomic mass is 79.9. The van der Waals surface area contributed by atoms with Gasteiger partial charge in [0.25, 0.3) is 0 Å². The number of ketones is 1. The molecule has 0 heterocycles. The minimum atomic E-state index is 0.0119. The first-order valence-corrected chi connectivity index (χ1v) is 7.80. The molecular formula is C17H14Br2O. The molecule has 0 aliphatic heterocycles. The summed E-state index contributed by atoms with van der Waals surface area (Å²) in [6.07, 6.45) is 3.44. The zero-order valence-corrected chi connectivity index (χ0v) is 14.5. The summed E-state index contributed by atoms with van der Waals surface area (Å²) in [7, 11) is 0. The van der Waals surface area contributed by atoms with Crippen molar-refractivity contribution in [1.29, 1.82) is 0 Å². The fraction of sp³-hybridized carbons (Fsp3) is 0.118. The van der Waals surface area contributed by atoms with Crippen molar-refractivity contribution in [3.63, 3.8) is 0 Å². The lowest BCUT2D eigenvalue weighted by molar-refractivity contribution is 0.104. The SMILES string of the molecule is Cc1ccc(C(=O)/C=C/c2cc(Br)c(C)c(Br)c2)cc1. The van der Waals surface area contributed by atoms with Gasteiger partial charge in [0.05, 0.1) is 0 Å². The summed E-state index contributed by atoms with van der Waals surface area (Å²) in [5.41, 5.74) is 3.98. The Morgan fingerprint density at radius 2 is 1.55 bits per heavy atom. The van der Waals surface area contributed by atoms with Gasteiger partial charge in [0.1, 0.15) is 0 Å². The van der Waals surface area contributed by atoms with E-state index in [4.69, 9.17) is 0 Å². The van der Waals surface area contributed by atoms with Crippen LogP contribution in [-0.4, -0.2) is 5.78 Å². The van der Waals surface area contributed by atoms with Gasteiger partial charge in [0.15, 0.2) is 5.78 Å². The normalized spacial score (nSPS) is 11.0. The molecule has 0 bridgehead atoms. The van der Waals surface area contributed by atoms with Crippen LogP contribution in [0.4, 0.5) is 0 Å². The lowest BCUT2D eigenvalue weighted by atomic mass is 10.1. The minimum Gasteiger partial charge on any atom is -0.289 e. The van der Waals surface area contributed by atoms with Gasteiger partial charge in [-0.3, -0.25) is 4.79 Å². The van der Waals surface area contributed by atoms with Gasteiger partial charge in [-0.2, -0.15) is 0 Å². The third-order valence-corrected chi connectivity index (χ3v) is 4.71. The first-order chi connectivity index (χ1) is 9.47. The van der Waals surface area contributed by atoms with E-state index in [0.717, 1.165) is 25.6 Å². The quantitative estimate of drug-likeness (QED) is 0.481. The molecule has 0 unspecified atom stereocenters. The molecule has 2 rings (SSSR count). The Bertz CT molecular complexity index is 647. The monoisotopic (exact) mass is 392 g/mol. The maximum Gasteiger partial charge on any atom is 0.185 e. The second-order valence-electron chi connectivity index (χ2n) is 4.67. The van der Waals surface area contributed by atoms with E-state index in [0.29, 0.717) is 5.56 Å². The van der Waals surface area contributed by atoms with Crippen LogP contribution in [0.25, 0.3) is 6.08 Å². The molecule has 0 aromatic heterocycles. The number of hydrogen-bond acceptors (Lipinski definition) is 1. The van der Waals surface area contributed by atoms with Crippen molar-refractivity contribution < 1.29 is 4.79 Å². The number of carbonyl (C=O) groups is 1. The van der Waals surface area contributed by atoms with Gasteiger partial charge < -0.3 is 0 Å². The third kappa shape index (κ3) is 3.68. The second-order valence-corrected chi connectivity index (χ2v) is 6.38. The van der Waals surface area contributed by atoms with Gasteiger partial charge in [0, 0.05) is 14.5 Å². The third-order valence-electron chi connectivity index (χ3n) is 3.07. The average molecular weight is 394 g/mol. The lowest BCUT2D eigenvalue weighted by Crippen LogP contribution is -1.93. The fourth-order valence-corrected chi connectivity index (χ4v) is 2.97. The van der Waals surface area contributed by atoms with E-state index in [1.54, 1.807) is 6.08 Å². The van der Waals surface area contributed by atoms with E-state index in [2.05, 4.69) is 31.9 Å². The van der Waals surface area contributed by atoms with Crippen LogP contribution in [0.3, 0.4) is 0 Å². The van der Waals surface area contributed by atoms with Crippen LogP contribution in [0.1, 0.15) is 27.0 Å². The molecule has 0 N–H and O–H groups in total. The Morgan fingerprint density at radius 1 is 1.00 bits per heavy atom. The maximum absolute atomic E-state index is 12.1. The van der Waals surface area contributed by atoms with Crippen LogP contribution in [-0.2, 0) is 0 Å². The Hall–Kier alpha value is -1.19. The van der Waals surface area contributed by atoms with E-state index >= 15 is 0 Å². The zero-order chi connectivity index (χ0) is 14.7. The minimum absolute atomic E-state index is 0.0119. The molecule has 0 spiro atoms. The molecule has 2 aromatic rings. The molecule has 0 saturated carbocycles. The first kappa shape index (κ1) is 15.2. The molecule has 102 valence electrons. The van der Waals surface area contributed by atoms with Crippen LogP contribution in [0.15, 0.2) is 51.4 Å². The van der Waals surface area contributed by atoms with Gasteiger partial charge in [-0.15, -0.1) is 0 Å². The molecule has 0 atom stereocenters. The average Bonchev–Trinajstić information content (AvgIpc) is 2.42. The van der Waals surface area contributed by atoms with Crippen molar-refractivity contribution in [3.8, 4) is 0 Å². The smallest absolute Gasteiger partial charge is 0.185 e. The predicted molar refractivity (Wildman–Crippen MR) is 91.1 cm³/mol. The summed E-state index contributed by atoms with van der Waals surface area (Å²) in [4.78, 5) is 12.1. The molecule has 20 heavy (non-hydrogen) atoms. The van der Waals surface area contributed by atoms with Gasteiger partial charge in [-0.05, 0) is 43.2 Å². The summed E-state index contributed by atoms with van der Waals surface area (Å²) < 4.78 is 2.05. The summed E-state index contributed by atoms with van der Waals surface area (Å²) in [6.45, 7) is 4.03. The molecule has 2 aromatic carbocycles. The van der Waals surface area contributed by atoms with Crippen LogP contribution < -0.4 is 0 Å². The summed E-state index contributed by atoms with van der Waals surface area (Å²) in [6, 6.07) is 11.6. The number of carbonyl (C=O) groups excluding carboxylic acids is 1. The molecule has 0 radical (unpaired) electrons. The van der Waals surface area contributed by atoms with Crippen molar-refractivity contribution in [2.75, 3.05) is 0 Å². The Balaban J connectivity index is 2.21. The number of rotatable bonds is 3. The van der Waals surface area contributed by atoms with Crippen LogP contribution in [0, 0.1) is 13.8 Å². The molecule has 0 saturated heterocycles. The number of allylic oxidation sites excluding steroid dienone is 1. The number of aryl methyl sites for hydroxylation is 1. The molecular weight excluding hydrogens is 380 g/mol. The molecule has 0 aliphatic rings. The highest BCUT2D eigenvalue weighted by Gasteiger charge is 2.03. The van der Waals surface area contributed by atoms with Crippen molar-refractivity contribution in [2.24, 2.45) is 0 Å². The fourth-order valence-electron chi connectivity index (χ4n) is 1.75. The molecule has 0 aliphatic carbocycles. The van der Waals surface area contributed by atoms with E-state index in [1.807, 2.05) is 56.3 Å². The van der Waals surface area contributed by atoms with Crippen LogP contribution in [0.5, 0.6) is 0 Å². The van der Waals surface area contributed by atoms with Crippen LogP contribution >= 0.6 is 31.9 Å². The summed E-state index contributed by atoms with van der Waals surface area (Å²) in [5, 5.41) is 0. The molecule has 0 fully saturated rings. The molecule has 1 nitrogen and oxygen atoms in total. The van der Waals surface area contributed by atoms with E-state index in [9.17, 15) is 4.79 Å². The van der Waals surface area contributed by atoms with Gasteiger partial charge in [-0.25, -0.2) is 0 Å². The van der Waals surface area contributed by atoms with Crippen molar-refractivity contribution in [3.05, 3.63) is 73.7 Å². The standard InChI is InChI=1S/C17H14Br2O/c1-11-3-6-14(7-4-11)17(20)8-5-13-9-15(18)12(2)16(19)10-13/h3-10H,1-2H3/b8-5+. The topological polar surface area (TPSA) is 17.1 Å². The van der Waals surface area contributed by atoms with Gasteiger partial charge in [0.2, 0.25) is 0 Å². The highest BCUT2D eigenvalue weighted by molar-refractivity contribution is 9.11. The number of benzene rings is 2. The van der Waals surface area contributed by atoms with Crippen molar-refractivity contribution >= 4 is 43.7 Å². The zero-order valence-electron chi connectivity index (χ0n) is 11.3. The molecule has 3 heteroatoms. The first-order valence-electron chi connectivity index (χ1n) is 6.22. The summed E-state index contributed by atoms with van der Waals surface area (Å²) >= 11 is 7.02. The van der Waals surface area contributed by atoms with E-state index in [1.165, 1.54) is 0 Å². The van der Waals surface area contributed by atoms with Crippen molar-refractivity contribution in [1.82, 2.24) is 0 Å². The van der Waals surface area contributed by atoms with Gasteiger partial charge in [-0.1, -0.05) is 67.8 Å². The second kappa shape index (κ2) is 6.51. The predicted octanol–water partition coefficient (Wildman–Crippen LogP) is 5.72. The highest BCUT2D eigenvalue weighted by Crippen LogP contribution is 2.27. The van der Waals surface area contributed by atoms with E-state index in [-0.39, 0.29) is 5.78 Å². The summed E-state index contributed by atoms with van der Waals surface area (Å²) in [5.74, 6) is 0.0119. The number of halogens is 2. The number of hydrogen-bond donors (Lipinski definition) is 0.